The van der Waals surface area contributed by atoms with Crippen LogP contribution < -0.4 is 0 Å². The highest BCUT2D eigenvalue weighted by atomic mass is 35.5. The number of sulfonamides is 1. The first-order valence-corrected chi connectivity index (χ1v) is 8.21. The number of halogens is 2. The minimum absolute atomic E-state index is 0.265. The van der Waals surface area contributed by atoms with Crippen LogP contribution in [0.4, 0.5) is 0 Å². The zero-order valence-corrected chi connectivity index (χ0v) is 12.2. The molecule has 1 heterocycles. The molecule has 1 aromatic rings. The maximum atomic E-state index is 12.4. The van der Waals surface area contributed by atoms with E-state index in [0.29, 0.717) is 29.9 Å². The molecule has 1 fully saturated rings. The first-order valence-electron chi connectivity index (χ1n) is 5.85. The summed E-state index contributed by atoms with van der Waals surface area (Å²) >= 11 is 11.5. The minimum atomic E-state index is -3.41. The molecule has 0 bridgehead atoms. The van der Waals surface area contributed by atoms with Gasteiger partial charge in [-0.05, 0) is 37.0 Å². The molecule has 0 amide bonds. The van der Waals surface area contributed by atoms with Gasteiger partial charge < -0.3 is 0 Å². The molecule has 100 valence electrons. The molecule has 1 atom stereocenters. The van der Waals surface area contributed by atoms with Gasteiger partial charge in [-0.2, -0.15) is 4.31 Å². The Bertz CT molecular complexity index is 519. The van der Waals surface area contributed by atoms with Gasteiger partial charge >= 0.3 is 0 Å². The molecule has 18 heavy (non-hydrogen) atoms. The third-order valence-corrected chi connectivity index (χ3v) is 5.51. The lowest BCUT2D eigenvalue weighted by molar-refractivity contribution is 0.453. The van der Waals surface area contributed by atoms with Crippen LogP contribution in [0.5, 0.6) is 0 Å². The average Bonchev–Trinajstić information content (AvgIpc) is 2.79. The zero-order valence-electron chi connectivity index (χ0n) is 9.85. The minimum Gasteiger partial charge on any atom is -0.207 e. The van der Waals surface area contributed by atoms with Crippen LogP contribution in [0.15, 0.2) is 29.2 Å². The molecule has 3 nitrogen and oxygen atoms in total. The number of benzene rings is 1. The summed E-state index contributed by atoms with van der Waals surface area (Å²) in [5, 5.41) is 0.438. The Morgan fingerprint density at radius 1 is 1.39 bits per heavy atom. The summed E-state index contributed by atoms with van der Waals surface area (Å²) < 4.78 is 26.3. The third-order valence-electron chi connectivity index (χ3n) is 3.20. The van der Waals surface area contributed by atoms with Crippen LogP contribution in [-0.4, -0.2) is 31.7 Å². The molecule has 1 aromatic carbocycles. The molecule has 2 rings (SSSR count). The van der Waals surface area contributed by atoms with E-state index < -0.39 is 10.0 Å². The fourth-order valence-corrected chi connectivity index (χ4v) is 4.32. The van der Waals surface area contributed by atoms with Crippen LogP contribution >= 0.6 is 23.2 Å². The Balaban J connectivity index is 2.18. The largest absolute Gasteiger partial charge is 0.243 e. The van der Waals surface area contributed by atoms with Gasteiger partial charge in [0.1, 0.15) is 0 Å². The van der Waals surface area contributed by atoms with E-state index in [1.165, 1.54) is 10.4 Å². The highest BCUT2D eigenvalue weighted by molar-refractivity contribution is 7.89. The van der Waals surface area contributed by atoms with E-state index in [2.05, 4.69) is 0 Å². The number of hydrogen-bond donors (Lipinski definition) is 0. The van der Waals surface area contributed by atoms with Crippen LogP contribution in [0.1, 0.15) is 12.8 Å². The Morgan fingerprint density at radius 2 is 2.17 bits per heavy atom. The van der Waals surface area contributed by atoms with Gasteiger partial charge in [-0.1, -0.05) is 17.7 Å². The van der Waals surface area contributed by atoms with E-state index in [1.54, 1.807) is 18.2 Å². The highest BCUT2D eigenvalue weighted by Crippen LogP contribution is 2.27. The Labute approximate surface area is 118 Å². The van der Waals surface area contributed by atoms with Crippen LogP contribution in [0.2, 0.25) is 5.02 Å². The fraction of sp³-hybridized carbons (Fsp3) is 0.500. The van der Waals surface area contributed by atoms with Gasteiger partial charge in [0.25, 0.3) is 0 Å². The maximum Gasteiger partial charge on any atom is 0.243 e. The van der Waals surface area contributed by atoms with Crippen LogP contribution in [0.3, 0.4) is 0 Å². The molecule has 0 spiro atoms. The highest BCUT2D eigenvalue weighted by Gasteiger charge is 2.32. The van der Waals surface area contributed by atoms with Crippen molar-refractivity contribution in [3.63, 3.8) is 0 Å². The average molecular weight is 308 g/mol. The monoisotopic (exact) mass is 307 g/mol. The smallest absolute Gasteiger partial charge is 0.207 e. The molecule has 1 aliphatic heterocycles. The molecule has 0 aromatic heterocycles. The summed E-state index contributed by atoms with van der Waals surface area (Å²) in [6.45, 7) is 1.12. The van der Waals surface area contributed by atoms with Gasteiger partial charge in [-0.15, -0.1) is 11.6 Å². The van der Waals surface area contributed by atoms with Gasteiger partial charge in [-0.3, -0.25) is 0 Å². The van der Waals surface area contributed by atoms with Crippen molar-refractivity contribution in [3.05, 3.63) is 29.3 Å². The van der Waals surface area contributed by atoms with Crippen molar-refractivity contribution < 1.29 is 8.42 Å². The molecule has 0 aliphatic carbocycles. The number of alkyl halides is 1. The predicted molar refractivity (Wildman–Crippen MR) is 73.7 cm³/mol. The fourth-order valence-electron chi connectivity index (χ4n) is 2.18. The van der Waals surface area contributed by atoms with E-state index in [0.717, 1.165) is 12.8 Å². The molecule has 6 heteroatoms. The summed E-state index contributed by atoms with van der Waals surface area (Å²) in [6.07, 6.45) is 1.75. The summed E-state index contributed by atoms with van der Waals surface area (Å²) in [6, 6.07) is 6.39. The summed E-state index contributed by atoms with van der Waals surface area (Å²) in [5.41, 5.74) is 0. The second-order valence-electron chi connectivity index (χ2n) is 4.45. The van der Waals surface area contributed by atoms with Crippen molar-refractivity contribution in [3.8, 4) is 0 Å². The normalized spacial score (nSPS) is 21.3. The van der Waals surface area contributed by atoms with Crippen molar-refractivity contribution >= 4 is 33.2 Å². The van der Waals surface area contributed by atoms with Crippen LogP contribution in [0.25, 0.3) is 0 Å². The summed E-state index contributed by atoms with van der Waals surface area (Å²) in [4.78, 5) is 0.265. The van der Waals surface area contributed by atoms with E-state index >= 15 is 0 Å². The molecule has 1 saturated heterocycles. The third kappa shape index (κ3) is 2.99. The summed E-state index contributed by atoms with van der Waals surface area (Å²) in [5.74, 6) is 0.951. The van der Waals surface area contributed by atoms with Gasteiger partial charge in [-0.25, -0.2) is 8.42 Å². The van der Waals surface area contributed by atoms with Crippen molar-refractivity contribution in [2.45, 2.75) is 17.7 Å². The Kier molecular flexibility index (Phi) is 4.54. The van der Waals surface area contributed by atoms with Crippen molar-refractivity contribution in [2.75, 3.05) is 19.0 Å². The molecule has 1 aliphatic rings. The van der Waals surface area contributed by atoms with Crippen LogP contribution in [-0.2, 0) is 10.0 Å². The lowest BCUT2D eigenvalue weighted by Gasteiger charge is -2.16. The second-order valence-corrected chi connectivity index (χ2v) is 7.21. The van der Waals surface area contributed by atoms with Gasteiger partial charge in [0.15, 0.2) is 0 Å². The number of hydrogen-bond acceptors (Lipinski definition) is 2. The SMILES string of the molecule is O=S(=O)(c1cccc(Cl)c1)N1CCC(CCCl)C1. The van der Waals surface area contributed by atoms with Gasteiger partial charge in [0.2, 0.25) is 10.0 Å². The molecule has 0 radical (unpaired) electrons. The number of rotatable bonds is 4. The van der Waals surface area contributed by atoms with Crippen molar-refractivity contribution in [2.24, 2.45) is 5.92 Å². The van der Waals surface area contributed by atoms with Gasteiger partial charge in [0.05, 0.1) is 4.90 Å². The predicted octanol–water partition coefficient (Wildman–Crippen LogP) is 2.98. The first kappa shape index (κ1) is 14.1. The van der Waals surface area contributed by atoms with E-state index in [1.807, 2.05) is 0 Å². The van der Waals surface area contributed by atoms with E-state index in [4.69, 9.17) is 23.2 Å². The molecular weight excluding hydrogens is 293 g/mol. The number of nitrogens with zero attached hydrogens (tertiary/aromatic N) is 1. The lowest BCUT2D eigenvalue weighted by atomic mass is 10.1. The molecule has 0 N–H and O–H groups in total. The Morgan fingerprint density at radius 3 is 2.83 bits per heavy atom. The molecule has 1 unspecified atom stereocenters. The first-order chi connectivity index (χ1) is 8.54. The van der Waals surface area contributed by atoms with Gasteiger partial charge in [0, 0.05) is 24.0 Å². The summed E-state index contributed by atoms with van der Waals surface area (Å²) in [7, 11) is -3.41. The quantitative estimate of drug-likeness (QED) is 0.802. The van der Waals surface area contributed by atoms with E-state index in [9.17, 15) is 8.42 Å². The topological polar surface area (TPSA) is 37.4 Å². The van der Waals surface area contributed by atoms with Crippen molar-refractivity contribution in [1.29, 1.82) is 0 Å². The zero-order chi connectivity index (χ0) is 13.2. The Hall–Kier alpha value is -0.290. The van der Waals surface area contributed by atoms with Crippen LogP contribution in [0, 0.1) is 5.92 Å². The second kappa shape index (κ2) is 5.78. The van der Waals surface area contributed by atoms with Crippen molar-refractivity contribution in [1.82, 2.24) is 4.31 Å². The molecule has 0 saturated carbocycles. The molecular formula is C12H15Cl2NO2S. The lowest BCUT2D eigenvalue weighted by Crippen LogP contribution is -2.28. The maximum absolute atomic E-state index is 12.4. The van der Waals surface area contributed by atoms with E-state index in [-0.39, 0.29) is 4.90 Å². The standard InChI is InChI=1S/C12H15Cl2NO2S/c13-6-4-10-5-7-15(9-10)18(16,17)12-3-1-2-11(14)8-12/h1-3,8,10H,4-7,9H2.